The van der Waals surface area contributed by atoms with Gasteiger partial charge in [-0.2, -0.15) is 0 Å². The first-order valence-corrected chi connectivity index (χ1v) is 5.19. The summed E-state index contributed by atoms with van der Waals surface area (Å²) in [5.74, 6) is -0.540. The van der Waals surface area contributed by atoms with Crippen molar-refractivity contribution in [1.29, 1.82) is 0 Å². The van der Waals surface area contributed by atoms with Gasteiger partial charge in [-0.25, -0.2) is 4.79 Å². The third kappa shape index (κ3) is 1.64. The van der Waals surface area contributed by atoms with Crippen LogP contribution in [0.4, 0.5) is 4.79 Å². The van der Waals surface area contributed by atoms with E-state index in [1.54, 1.807) is 12.1 Å². The van der Waals surface area contributed by atoms with Gasteiger partial charge in [0.1, 0.15) is 0 Å². The number of amides is 2. The van der Waals surface area contributed by atoms with E-state index in [9.17, 15) is 9.59 Å². The van der Waals surface area contributed by atoms with Gasteiger partial charge in [-0.3, -0.25) is 10.1 Å². The first-order chi connectivity index (χ1) is 7.43. The summed E-state index contributed by atoms with van der Waals surface area (Å²) in [5.41, 5.74) is -0.986. The fraction of sp³-hybridized carbons (Fsp3) is 0.200. The topological polar surface area (TPSA) is 55.4 Å². The molecule has 6 heteroatoms. The molecule has 1 N–H and O–H groups in total. The molecule has 0 radical (unpaired) electrons. The summed E-state index contributed by atoms with van der Waals surface area (Å²) in [6.07, 6.45) is -0.779. The van der Waals surface area contributed by atoms with Crippen LogP contribution in [-0.2, 0) is 15.1 Å². The molecule has 1 heterocycles. The molecule has 0 aromatic heterocycles. The second kappa shape index (κ2) is 3.64. The van der Waals surface area contributed by atoms with Crippen LogP contribution in [0.5, 0.6) is 0 Å². The van der Waals surface area contributed by atoms with Crippen molar-refractivity contribution in [2.45, 2.75) is 12.5 Å². The van der Waals surface area contributed by atoms with Gasteiger partial charge in [0.2, 0.25) is 5.60 Å². The molecule has 2 amide bonds. The number of ether oxygens (including phenoxy) is 1. The van der Waals surface area contributed by atoms with Gasteiger partial charge in [-0.1, -0.05) is 29.3 Å². The van der Waals surface area contributed by atoms with Crippen LogP contribution in [0, 0.1) is 0 Å². The van der Waals surface area contributed by atoms with Gasteiger partial charge in [0, 0.05) is 15.6 Å². The van der Waals surface area contributed by atoms with Crippen molar-refractivity contribution in [3.8, 4) is 0 Å². The van der Waals surface area contributed by atoms with Crippen LogP contribution in [0.3, 0.4) is 0 Å². The minimum absolute atomic E-state index is 0.278. The van der Waals surface area contributed by atoms with E-state index in [0.717, 1.165) is 0 Å². The SMILES string of the molecule is CC1(c2ccc(Cl)cc2Cl)OC(=O)NC1=O. The number of alkyl carbamates (subject to hydrolysis) is 1. The summed E-state index contributed by atoms with van der Waals surface area (Å²) in [7, 11) is 0. The van der Waals surface area contributed by atoms with Crippen molar-refractivity contribution in [2.75, 3.05) is 0 Å². The molecule has 1 saturated heterocycles. The second-order valence-electron chi connectivity index (χ2n) is 3.50. The molecule has 1 aliphatic heterocycles. The van der Waals surface area contributed by atoms with Crippen LogP contribution in [0.15, 0.2) is 18.2 Å². The number of carbonyl (C=O) groups excluding carboxylic acids is 2. The lowest BCUT2D eigenvalue weighted by atomic mass is 9.95. The van der Waals surface area contributed by atoms with Gasteiger partial charge in [-0.15, -0.1) is 0 Å². The predicted octanol–water partition coefficient (Wildman–Crippen LogP) is 2.47. The molecule has 1 aromatic rings. The Morgan fingerprint density at radius 3 is 2.50 bits per heavy atom. The predicted molar refractivity (Wildman–Crippen MR) is 58.4 cm³/mol. The van der Waals surface area contributed by atoms with Crippen molar-refractivity contribution >= 4 is 35.2 Å². The Morgan fingerprint density at radius 1 is 1.31 bits per heavy atom. The monoisotopic (exact) mass is 259 g/mol. The smallest absolute Gasteiger partial charge is 0.415 e. The van der Waals surface area contributed by atoms with Crippen LogP contribution < -0.4 is 5.32 Å². The fourth-order valence-corrected chi connectivity index (χ4v) is 2.11. The summed E-state index contributed by atoms with van der Waals surface area (Å²) in [6, 6.07) is 4.62. The quantitative estimate of drug-likeness (QED) is 0.843. The molecule has 1 aliphatic rings. The van der Waals surface area contributed by atoms with Crippen LogP contribution in [0.2, 0.25) is 10.0 Å². The standard InChI is InChI=1S/C10H7Cl2NO3/c1-10(8(14)13-9(15)16-10)6-3-2-5(11)4-7(6)12/h2-4H,1H3,(H,13,14,15). The molecule has 1 atom stereocenters. The second-order valence-corrected chi connectivity index (χ2v) is 4.34. The number of nitrogens with one attached hydrogen (secondary N) is 1. The Hall–Kier alpha value is -1.26. The molecule has 4 nitrogen and oxygen atoms in total. The molecule has 2 rings (SSSR count). The lowest BCUT2D eigenvalue weighted by molar-refractivity contribution is -0.130. The molecule has 0 saturated carbocycles. The fourth-order valence-electron chi connectivity index (χ4n) is 1.52. The van der Waals surface area contributed by atoms with Crippen LogP contribution >= 0.6 is 23.2 Å². The molecule has 16 heavy (non-hydrogen) atoms. The Labute approximate surface area is 101 Å². The number of carbonyl (C=O) groups is 2. The van der Waals surface area contributed by atoms with Gasteiger partial charge in [0.05, 0.1) is 0 Å². The highest BCUT2D eigenvalue weighted by Gasteiger charge is 2.47. The molecule has 84 valence electrons. The number of hydrogen-bond acceptors (Lipinski definition) is 3. The number of benzene rings is 1. The van der Waals surface area contributed by atoms with E-state index in [4.69, 9.17) is 27.9 Å². The third-order valence-corrected chi connectivity index (χ3v) is 2.94. The molecular formula is C10H7Cl2NO3. The number of halogens is 2. The van der Waals surface area contributed by atoms with E-state index in [0.29, 0.717) is 10.6 Å². The molecule has 0 spiro atoms. The van der Waals surface area contributed by atoms with Crippen molar-refractivity contribution < 1.29 is 14.3 Å². The summed E-state index contributed by atoms with van der Waals surface area (Å²) < 4.78 is 4.94. The Morgan fingerprint density at radius 2 is 2.00 bits per heavy atom. The zero-order valence-electron chi connectivity index (χ0n) is 8.21. The van der Waals surface area contributed by atoms with Crippen LogP contribution in [-0.4, -0.2) is 12.0 Å². The Balaban J connectivity index is 2.51. The average molecular weight is 260 g/mol. The average Bonchev–Trinajstić information content (AvgIpc) is 2.40. The number of hydrogen-bond donors (Lipinski definition) is 1. The Kier molecular flexibility index (Phi) is 2.56. The Bertz CT molecular complexity index is 489. The molecule has 0 aliphatic carbocycles. The van der Waals surface area contributed by atoms with E-state index in [2.05, 4.69) is 5.32 Å². The van der Waals surface area contributed by atoms with Crippen LogP contribution in [0.1, 0.15) is 12.5 Å². The van der Waals surface area contributed by atoms with E-state index in [1.807, 2.05) is 0 Å². The highest BCUT2D eigenvalue weighted by Crippen LogP contribution is 2.35. The number of imide groups is 1. The van der Waals surface area contributed by atoms with Crippen LogP contribution in [0.25, 0.3) is 0 Å². The third-order valence-electron chi connectivity index (χ3n) is 2.39. The first-order valence-electron chi connectivity index (χ1n) is 4.43. The van der Waals surface area contributed by atoms with E-state index >= 15 is 0 Å². The van der Waals surface area contributed by atoms with E-state index < -0.39 is 17.6 Å². The van der Waals surface area contributed by atoms with Crippen molar-refractivity contribution in [1.82, 2.24) is 5.32 Å². The first kappa shape index (κ1) is 11.2. The minimum atomic E-state index is -1.39. The van der Waals surface area contributed by atoms with Gasteiger partial charge in [0.15, 0.2) is 0 Å². The maximum Gasteiger partial charge on any atom is 0.415 e. The molecule has 0 bridgehead atoms. The van der Waals surface area contributed by atoms with Gasteiger partial charge in [0.25, 0.3) is 5.91 Å². The summed E-state index contributed by atoms with van der Waals surface area (Å²) >= 11 is 11.7. The minimum Gasteiger partial charge on any atom is -0.428 e. The molecule has 1 aromatic carbocycles. The van der Waals surface area contributed by atoms with Crippen molar-refractivity contribution in [2.24, 2.45) is 0 Å². The summed E-state index contributed by atoms with van der Waals surface area (Å²) in [6.45, 7) is 1.47. The number of cyclic esters (lactones) is 1. The lowest BCUT2D eigenvalue weighted by Gasteiger charge is -2.20. The normalized spacial score (nSPS) is 24.2. The largest absolute Gasteiger partial charge is 0.428 e. The lowest BCUT2D eigenvalue weighted by Crippen LogP contribution is -2.33. The van der Waals surface area contributed by atoms with Crippen molar-refractivity contribution in [3.63, 3.8) is 0 Å². The van der Waals surface area contributed by atoms with E-state index in [1.165, 1.54) is 13.0 Å². The summed E-state index contributed by atoms with van der Waals surface area (Å²) in [5, 5.41) is 2.78. The van der Waals surface area contributed by atoms with Crippen molar-refractivity contribution in [3.05, 3.63) is 33.8 Å². The molecule has 1 unspecified atom stereocenters. The summed E-state index contributed by atoms with van der Waals surface area (Å²) in [4.78, 5) is 22.6. The van der Waals surface area contributed by atoms with Gasteiger partial charge >= 0.3 is 6.09 Å². The van der Waals surface area contributed by atoms with E-state index in [-0.39, 0.29) is 5.02 Å². The maximum atomic E-state index is 11.6. The van der Waals surface area contributed by atoms with Gasteiger partial charge < -0.3 is 4.74 Å². The zero-order chi connectivity index (χ0) is 11.9. The maximum absolute atomic E-state index is 11.6. The zero-order valence-corrected chi connectivity index (χ0v) is 9.72. The molecular weight excluding hydrogens is 253 g/mol. The van der Waals surface area contributed by atoms with Gasteiger partial charge in [-0.05, 0) is 19.1 Å². The highest BCUT2D eigenvalue weighted by atomic mass is 35.5. The number of rotatable bonds is 1. The molecule has 1 fully saturated rings. The highest BCUT2D eigenvalue weighted by molar-refractivity contribution is 6.35.